The van der Waals surface area contributed by atoms with Crippen molar-refractivity contribution in [2.75, 3.05) is 19.5 Å². The molecular weight excluding hydrogens is 372 g/mol. The summed E-state index contributed by atoms with van der Waals surface area (Å²) in [6.07, 6.45) is 0. The lowest BCUT2D eigenvalue weighted by molar-refractivity contribution is 0.102. The predicted molar refractivity (Wildman–Crippen MR) is 113 cm³/mol. The number of nitrogens with zero attached hydrogens (tertiary/aromatic N) is 1. The largest absolute Gasteiger partial charge is 0.497 e. The third kappa shape index (κ3) is 3.54. The van der Waals surface area contributed by atoms with Crippen molar-refractivity contribution in [1.82, 2.24) is 4.98 Å². The van der Waals surface area contributed by atoms with E-state index in [2.05, 4.69) is 10.3 Å². The van der Waals surface area contributed by atoms with Crippen LogP contribution in [0.15, 0.2) is 66.0 Å². The molecule has 0 atom stereocenters. The van der Waals surface area contributed by atoms with Gasteiger partial charge in [0, 0.05) is 22.6 Å². The quantitative estimate of drug-likeness (QED) is 0.507. The van der Waals surface area contributed by atoms with Crippen molar-refractivity contribution in [3.63, 3.8) is 0 Å². The molecule has 28 heavy (non-hydrogen) atoms. The standard InChI is InChI=1S/C22H18N2O3S/c1-26-17-9-10-18(20(12-17)27-2)19-13-28-22(23-19)24-21(25)16-8-7-14-5-3-4-6-15(14)11-16/h3-13H,1-2H3,(H,23,24,25). The van der Waals surface area contributed by atoms with Crippen LogP contribution in [0, 0.1) is 0 Å². The Bertz CT molecular complexity index is 1150. The summed E-state index contributed by atoms with van der Waals surface area (Å²) in [6, 6.07) is 19.1. The van der Waals surface area contributed by atoms with E-state index >= 15 is 0 Å². The van der Waals surface area contributed by atoms with E-state index < -0.39 is 0 Å². The van der Waals surface area contributed by atoms with Crippen molar-refractivity contribution in [2.45, 2.75) is 0 Å². The number of aromatic nitrogens is 1. The summed E-state index contributed by atoms with van der Waals surface area (Å²) in [5.74, 6) is 1.19. The molecule has 0 spiro atoms. The normalized spacial score (nSPS) is 10.6. The van der Waals surface area contributed by atoms with Gasteiger partial charge >= 0.3 is 0 Å². The zero-order valence-corrected chi connectivity index (χ0v) is 16.2. The molecule has 0 bridgehead atoms. The van der Waals surface area contributed by atoms with E-state index in [0.29, 0.717) is 22.2 Å². The van der Waals surface area contributed by atoms with Gasteiger partial charge in [0.1, 0.15) is 11.5 Å². The van der Waals surface area contributed by atoms with Crippen LogP contribution in [-0.2, 0) is 0 Å². The lowest BCUT2D eigenvalue weighted by Gasteiger charge is -2.08. The van der Waals surface area contributed by atoms with Crippen LogP contribution in [0.5, 0.6) is 11.5 Å². The second-order valence-electron chi connectivity index (χ2n) is 6.12. The van der Waals surface area contributed by atoms with Gasteiger partial charge in [-0.15, -0.1) is 11.3 Å². The Kier molecular flexibility index (Phi) is 4.95. The predicted octanol–water partition coefficient (Wildman–Crippen LogP) is 5.23. The molecule has 3 aromatic carbocycles. The third-order valence-electron chi connectivity index (χ3n) is 4.42. The highest BCUT2D eigenvalue weighted by Crippen LogP contribution is 2.35. The number of ether oxygens (including phenoxy) is 2. The second-order valence-corrected chi connectivity index (χ2v) is 6.98. The van der Waals surface area contributed by atoms with Crippen LogP contribution in [0.4, 0.5) is 5.13 Å². The third-order valence-corrected chi connectivity index (χ3v) is 5.18. The number of fused-ring (bicyclic) bond motifs is 1. The van der Waals surface area contributed by atoms with Gasteiger partial charge in [-0.05, 0) is 35.0 Å². The molecule has 0 aliphatic heterocycles. The van der Waals surface area contributed by atoms with Crippen molar-refractivity contribution < 1.29 is 14.3 Å². The monoisotopic (exact) mass is 390 g/mol. The number of anilines is 1. The van der Waals surface area contributed by atoms with Gasteiger partial charge in [0.15, 0.2) is 5.13 Å². The molecule has 0 saturated heterocycles. The molecule has 0 aliphatic carbocycles. The zero-order valence-electron chi connectivity index (χ0n) is 15.4. The van der Waals surface area contributed by atoms with Crippen LogP contribution in [0.3, 0.4) is 0 Å². The summed E-state index contributed by atoms with van der Waals surface area (Å²) in [5, 5.41) is 7.42. The van der Waals surface area contributed by atoms with Crippen LogP contribution in [0.2, 0.25) is 0 Å². The Morgan fingerprint density at radius 2 is 1.79 bits per heavy atom. The molecule has 1 heterocycles. The first kappa shape index (κ1) is 18.0. The van der Waals surface area contributed by atoms with Crippen molar-refractivity contribution >= 4 is 33.1 Å². The van der Waals surface area contributed by atoms with Crippen molar-refractivity contribution in [2.24, 2.45) is 0 Å². The summed E-state index contributed by atoms with van der Waals surface area (Å²) in [5.41, 5.74) is 2.17. The number of methoxy groups -OCH3 is 2. The summed E-state index contributed by atoms with van der Waals surface area (Å²) in [7, 11) is 3.21. The van der Waals surface area contributed by atoms with Gasteiger partial charge in [0.25, 0.3) is 5.91 Å². The SMILES string of the molecule is COc1ccc(-c2csc(NC(=O)c3ccc4ccccc4c3)n2)c(OC)c1. The molecule has 140 valence electrons. The maximum absolute atomic E-state index is 12.6. The van der Waals surface area contributed by atoms with Gasteiger partial charge in [-0.25, -0.2) is 4.98 Å². The molecule has 0 unspecified atom stereocenters. The number of benzene rings is 3. The van der Waals surface area contributed by atoms with Gasteiger partial charge < -0.3 is 9.47 Å². The summed E-state index contributed by atoms with van der Waals surface area (Å²) in [4.78, 5) is 17.2. The summed E-state index contributed by atoms with van der Waals surface area (Å²) < 4.78 is 10.7. The molecule has 5 nitrogen and oxygen atoms in total. The number of carbonyl (C=O) groups excluding carboxylic acids is 1. The molecule has 1 amide bonds. The van der Waals surface area contributed by atoms with Crippen LogP contribution in [0.1, 0.15) is 10.4 Å². The highest BCUT2D eigenvalue weighted by Gasteiger charge is 2.14. The van der Waals surface area contributed by atoms with Gasteiger partial charge in [0.05, 0.1) is 19.9 Å². The summed E-state index contributed by atoms with van der Waals surface area (Å²) >= 11 is 1.37. The van der Waals surface area contributed by atoms with E-state index in [1.54, 1.807) is 14.2 Å². The number of hydrogen-bond acceptors (Lipinski definition) is 5. The molecule has 1 N–H and O–H groups in total. The fourth-order valence-electron chi connectivity index (χ4n) is 2.96. The molecule has 0 saturated carbocycles. The van der Waals surface area contributed by atoms with Crippen LogP contribution in [-0.4, -0.2) is 25.1 Å². The number of carbonyl (C=O) groups is 1. The molecule has 0 fully saturated rings. The second kappa shape index (κ2) is 7.70. The van der Waals surface area contributed by atoms with Crippen molar-refractivity contribution in [3.05, 3.63) is 71.6 Å². The molecule has 6 heteroatoms. The summed E-state index contributed by atoms with van der Waals surface area (Å²) in [6.45, 7) is 0. The van der Waals surface area contributed by atoms with Gasteiger partial charge in [-0.2, -0.15) is 0 Å². The fraction of sp³-hybridized carbons (Fsp3) is 0.0909. The lowest BCUT2D eigenvalue weighted by atomic mass is 10.1. The highest BCUT2D eigenvalue weighted by molar-refractivity contribution is 7.14. The fourth-order valence-corrected chi connectivity index (χ4v) is 3.67. The van der Waals surface area contributed by atoms with E-state index in [4.69, 9.17) is 9.47 Å². The average molecular weight is 390 g/mol. The maximum atomic E-state index is 12.6. The minimum Gasteiger partial charge on any atom is -0.497 e. The van der Waals surface area contributed by atoms with Gasteiger partial charge in [-0.1, -0.05) is 30.3 Å². The van der Waals surface area contributed by atoms with E-state index in [1.807, 2.05) is 66.0 Å². The number of amides is 1. The van der Waals surface area contributed by atoms with E-state index in [0.717, 1.165) is 22.0 Å². The number of nitrogens with one attached hydrogen (secondary N) is 1. The molecule has 4 rings (SSSR count). The molecule has 4 aromatic rings. The van der Waals surface area contributed by atoms with Gasteiger partial charge in [0.2, 0.25) is 0 Å². The Labute approximate surface area is 166 Å². The number of thiazole rings is 1. The minimum atomic E-state index is -0.187. The van der Waals surface area contributed by atoms with E-state index in [1.165, 1.54) is 11.3 Å². The topological polar surface area (TPSA) is 60.5 Å². The maximum Gasteiger partial charge on any atom is 0.257 e. The smallest absolute Gasteiger partial charge is 0.257 e. The lowest BCUT2D eigenvalue weighted by Crippen LogP contribution is -2.11. The van der Waals surface area contributed by atoms with E-state index in [9.17, 15) is 4.79 Å². The first-order valence-corrected chi connectivity index (χ1v) is 9.54. The van der Waals surface area contributed by atoms with Crippen molar-refractivity contribution in [3.8, 4) is 22.8 Å². The van der Waals surface area contributed by atoms with Crippen LogP contribution >= 0.6 is 11.3 Å². The van der Waals surface area contributed by atoms with E-state index in [-0.39, 0.29) is 5.91 Å². The van der Waals surface area contributed by atoms with Crippen LogP contribution < -0.4 is 14.8 Å². The Balaban J connectivity index is 1.56. The molecule has 1 aromatic heterocycles. The van der Waals surface area contributed by atoms with Crippen LogP contribution in [0.25, 0.3) is 22.0 Å². The first-order valence-electron chi connectivity index (χ1n) is 8.66. The number of hydrogen-bond donors (Lipinski definition) is 1. The average Bonchev–Trinajstić information content (AvgIpc) is 3.21. The highest BCUT2D eigenvalue weighted by atomic mass is 32.1. The zero-order chi connectivity index (χ0) is 19.5. The van der Waals surface area contributed by atoms with Gasteiger partial charge in [-0.3, -0.25) is 10.1 Å². The Morgan fingerprint density at radius 3 is 2.57 bits per heavy atom. The molecule has 0 aliphatic rings. The number of rotatable bonds is 5. The Hall–Kier alpha value is -3.38. The first-order chi connectivity index (χ1) is 13.7. The molecular formula is C22H18N2O3S. The minimum absolute atomic E-state index is 0.187. The Morgan fingerprint density at radius 1 is 0.964 bits per heavy atom. The molecule has 0 radical (unpaired) electrons. The van der Waals surface area contributed by atoms with Crippen molar-refractivity contribution in [1.29, 1.82) is 0 Å².